The van der Waals surface area contributed by atoms with Crippen molar-refractivity contribution in [3.63, 3.8) is 0 Å². The first-order valence-corrected chi connectivity index (χ1v) is 7.42. The highest BCUT2D eigenvalue weighted by Gasteiger charge is 2.30. The molecule has 0 saturated heterocycles. The molecule has 0 fully saturated rings. The Kier molecular flexibility index (Phi) is 3.18. The molecule has 126 valence electrons. The Morgan fingerprint density at radius 1 is 1.04 bits per heavy atom. The van der Waals surface area contributed by atoms with E-state index in [9.17, 15) is 13.2 Å². The van der Waals surface area contributed by atoms with Crippen LogP contribution < -0.4 is 5.73 Å². The van der Waals surface area contributed by atoms with Crippen LogP contribution in [0.4, 0.5) is 18.9 Å². The van der Waals surface area contributed by atoms with Gasteiger partial charge in [0.2, 0.25) is 0 Å². The number of anilines is 1. The highest BCUT2D eigenvalue weighted by Crippen LogP contribution is 2.38. The second-order valence-electron chi connectivity index (χ2n) is 5.66. The number of nitrogen functional groups attached to an aromatic ring is 1. The van der Waals surface area contributed by atoms with Gasteiger partial charge in [-0.3, -0.25) is 9.38 Å². The Labute approximate surface area is 139 Å². The minimum absolute atomic E-state index is 0.348. The zero-order chi connectivity index (χ0) is 17.8. The zero-order valence-electron chi connectivity index (χ0n) is 13.0. The summed E-state index contributed by atoms with van der Waals surface area (Å²) in [6.07, 6.45) is -1.12. The minimum Gasteiger partial charge on any atom is -0.395 e. The van der Waals surface area contributed by atoms with Crippen molar-refractivity contribution < 1.29 is 13.2 Å². The number of nitrogens with zero attached hydrogens (tertiary/aromatic N) is 4. The molecular weight excluding hydrogens is 331 g/mol. The molecule has 0 saturated carbocycles. The number of aromatic nitrogens is 4. The van der Waals surface area contributed by atoms with Crippen molar-refractivity contribution in [2.24, 2.45) is 0 Å². The normalized spacial score (nSPS) is 12.2. The molecule has 25 heavy (non-hydrogen) atoms. The van der Waals surface area contributed by atoms with E-state index in [1.807, 2.05) is 0 Å². The lowest BCUT2D eigenvalue weighted by atomic mass is 9.99. The van der Waals surface area contributed by atoms with Gasteiger partial charge in [-0.25, -0.2) is 0 Å². The van der Waals surface area contributed by atoms with Crippen molar-refractivity contribution in [3.05, 3.63) is 54.1 Å². The average molecular weight is 343 g/mol. The van der Waals surface area contributed by atoms with Gasteiger partial charge in [-0.05, 0) is 30.7 Å². The summed E-state index contributed by atoms with van der Waals surface area (Å²) in [5.74, 6) is 0.664. The third-order valence-electron chi connectivity index (χ3n) is 4.14. The topological polar surface area (TPSA) is 69.1 Å². The Balaban J connectivity index is 2.05. The number of alkyl halides is 3. The molecule has 2 N–H and O–H groups in total. The number of nitrogens with two attached hydrogens (primary N) is 1. The SMILES string of the molecule is Cc1nnc2c(N)c(-c3ccc(C(F)(F)F)cc3)c3cnccc3n12. The van der Waals surface area contributed by atoms with Gasteiger partial charge in [0, 0.05) is 23.3 Å². The number of halogens is 3. The third kappa shape index (κ3) is 2.29. The molecule has 0 spiro atoms. The highest BCUT2D eigenvalue weighted by molar-refractivity contribution is 6.04. The lowest BCUT2D eigenvalue weighted by Crippen LogP contribution is -2.04. The fraction of sp³-hybridized carbons (Fsp3) is 0.118. The average Bonchev–Trinajstić information content (AvgIpc) is 2.97. The Bertz CT molecular complexity index is 1100. The van der Waals surface area contributed by atoms with E-state index in [2.05, 4.69) is 15.2 Å². The zero-order valence-corrected chi connectivity index (χ0v) is 13.0. The molecule has 0 aliphatic carbocycles. The maximum Gasteiger partial charge on any atom is 0.416 e. The molecule has 5 nitrogen and oxygen atoms in total. The van der Waals surface area contributed by atoms with Gasteiger partial charge >= 0.3 is 6.18 Å². The summed E-state index contributed by atoms with van der Waals surface area (Å²) in [6.45, 7) is 1.80. The fourth-order valence-corrected chi connectivity index (χ4v) is 2.99. The van der Waals surface area contributed by atoms with Gasteiger partial charge in [-0.1, -0.05) is 12.1 Å². The minimum atomic E-state index is -4.39. The van der Waals surface area contributed by atoms with Gasteiger partial charge in [0.15, 0.2) is 5.65 Å². The van der Waals surface area contributed by atoms with Crippen molar-refractivity contribution >= 4 is 22.2 Å². The van der Waals surface area contributed by atoms with Crippen LogP contribution in [0.3, 0.4) is 0 Å². The summed E-state index contributed by atoms with van der Waals surface area (Å²) in [4.78, 5) is 4.13. The molecule has 4 rings (SSSR count). The second-order valence-corrected chi connectivity index (χ2v) is 5.66. The van der Waals surface area contributed by atoms with Crippen molar-refractivity contribution in [1.82, 2.24) is 19.6 Å². The molecular formula is C17H12F3N5. The molecule has 0 aliphatic heterocycles. The Morgan fingerprint density at radius 2 is 1.76 bits per heavy atom. The Morgan fingerprint density at radius 3 is 2.44 bits per heavy atom. The van der Waals surface area contributed by atoms with Gasteiger partial charge in [0.25, 0.3) is 0 Å². The quantitative estimate of drug-likeness (QED) is 0.570. The van der Waals surface area contributed by atoms with Crippen LogP contribution >= 0.6 is 0 Å². The van der Waals surface area contributed by atoms with E-state index in [4.69, 9.17) is 5.73 Å². The molecule has 8 heteroatoms. The maximum absolute atomic E-state index is 12.8. The molecule has 1 aromatic carbocycles. The first kappa shape index (κ1) is 15.4. The van der Waals surface area contributed by atoms with E-state index >= 15 is 0 Å². The Hall–Kier alpha value is -3.16. The molecule has 0 unspecified atom stereocenters. The summed E-state index contributed by atoms with van der Waals surface area (Å²) >= 11 is 0. The molecule has 0 atom stereocenters. The van der Waals surface area contributed by atoms with Crippen LogP contribution in [-0.4, -0.2) is 19.6 Å². The summed E-state index contributed by atoms with van der Waals surface area (Å²) in [5.41, 5.74) is 8.33. The van der Waals surface area contributed by atoms with Crippen LogP contribution in [0.25, 0.3) is 27.7 Å². The fourth-order valence-electron chi connectivity index (χ4n) is 2.99. The van der Waals surface area contributed by atoms with E-state index in [0.29, 0.717) is 28.3 Å². The smallest absolute Gasteiger partial charge is 0.395 e. The largest absolute Gasteiger partial charge is 0.416 e. The summed E-state index contributed by atoms with van der Waals surface area (Å²) in [6, 6.07) is 6.68. The number of fused-ring (bicyclic) bond motifs is 3. The number of aryl methyl sites for hydroxylation is 1. The van der Waals surface area contributed by atoms with Crippen molar-refractivity contribution in [2.75, 3.05) is 5.73 Å². The van der Waals surface area contributed by atoms with E-state index < -0.39 is 11.7 Å². The van der Waals surface area contributed by atoms with Crippen LogP contribution in [0.15, 0.2) is 42.7 Å². The number of pyridine rings is 2. The summed E-state index contributed by atoms with van der Waals surface area (Å²) in [7, 11) is 0. The molecule has 3 heterocycles. The summed E-state index contributed by atoms with van der Waals surface area (Å²) < 4.78 is 40.2. The maximum atomic E-state index is 12.8. The monoisotopic (exact) mass is 343 g/mol. The van der Waals surface area contributed by atoms with Gasteiger partial charge in [0.1, 0.15) is 5.82 Å². The van der Waals surface area contributed by atoms with Crippen LogP contribution in [0.2, 0.25) is 0 Å². The number of hydrogen-bond donors (Lipinski definition) is 1. The van der Waals surface area contributed by atoms with Crippen molar-refractivity contribution in [3.8, 4) is 11.1 Å². The first-order chi connectivity index (χ1) is 11.9. The van der Waals surface area contributed by atoms with Crippen LogP contribution in [0.1, 0.15) is 11.4 Å². The molecule has 0 bridgehead atoms. The van der Waals surface area contributed by atoms with Crippen molar-refractivity contribution in [1.29, 1.82) is 0 Å². The lowest BCUT2D eigenvalue weighted by molar-refractivity contribution is -0.137. The second kappa shape index (κ2) is 5.17. The predicted octanol–water partition coefficient (Wildman–Crippen LogP) is 3.85. The molecule has 3 aromatic heterocycles. The van der Waals surface area contributed by atoms with Crippen LogP contribution in [0.5, 0.6) is 0 Å². The lowest BCUT2D eigenvalue weighted by Gasteiger charge is -2.14. The van der Waals surface area contributed by atoms with Gasteiger partial charge in [0.05, 0.1) is 16.8 Å². The van der Waals surface area contributed by atoms with E-state index in [1.54, 1.807) is 29.8 Å². The van der Waals surface area contributed by atoms with E-state index in [0.717, 1.165) is 23.0 Å². The van der Waals surface area contributed by atoms with Gasteiger partial charge in [-0.2, -0.15) is 13.2 Å². The number of hydrogen-bond acceptors (Lipinski definition) is 4. The van der Waals surface area contributed by atoms with Gasteiger partial charge in [-0.15, -0.1) is 10.2 Å². The molecule has 0 radical (unpaired) electrons. The first-order valence-electron chi connectivity index (χ1n) is 7.42. The van der Waals surface area contributed by atoms with E-state index in [-0.39, 0.29) is 0 Å². The standard InChI is InChI=1S/C17H12F3N5/c1-9-23-24-16-15(21)14(12-8-22-7-6-13(12)25(9)16)10-2-4-11(5-3-10)17(18,19)20/h2-8H,21H2,1H3. The number of rotatable bonds is 1. The van der Waals surface area contributed by atoms with Crippen LogP contribution in [0, 0.1) is 6.92 Å². The van der Waals surface area contributed by atoms with Crippen molar-refractivity contribution in [2.45, 2.75) is 13.1 Å². The molecule has 0 amide bonds. The summed E-state index contributed by atoms with van der Waals surface area (Å²) in [5, 5.41) is 8.87. The third-order valence-corrected chi connectivity index (χ3v) is 4.14. The van der Waals surface area contributed by atoms with Crippen LogP contribution in [-0.2, 0) is 6.18 Å². The van der Waals surface area contributed by atoms with Gasteiger partial charge < -0.3 is 5.73 Å². The molecule has 4 aromatic rings. The highest BCUT2D eigenvalue weighted by atomic mass is 19.4. The predicted molar refractivity (Wildman–Crippen MR) is 87.9 cm³/mol. The van der Waals surface area contributed by atoms with E-state index in [1.165, 1.54) is 12.1 Å². The molecule has 0 aliphatic rings. The number of benzene rings is 1.